The third-order valence-electron chi connectivity index (χ3n) is 3.53. The molecule has 0 amide bonds. The van der Waals surface area contributed by atoms with E-state index in [-0.39, 0.29) is 0 Å². The predicted octanol–water partition coefficient (Wildman–Crippen LogP) is 5.52. The monoisotopic (exact) mass is 273 g/mol. The number of hydrogen-bond donors (Lipinski definition) is 1. The van der Waals surface area contributed by atoms with Crippen molar-refractivity contribution in [3.63, 3.8) is 0 Å². The summed E-state index contributed by atoms with van der Waals surface area (Å²) in [7, 11) is 0. The van der Waals surface area contributed by atoms with Gasteiger partial charge in [0.05, 0.1) is 6.04 Å². The van der Waals surface area contributed by atoms with E-state index in [9.17, 15) is 0 Å². The maximum atomic E-state index is 5.94. The first-order valence-corrected chi connectivity index (χ1v) is 7.07. The highest BCUT2D eigenvalue weighted by Crippen LogP contribution is 2.25. The number of rotatable bonds is 4. The van der Waals surface area contributed by atoms with Gasteiger partial charge >= 0.3 is 0 Å². The van der Waals surface area contributed by atoms with Gasteiger partial charge in [-0.3, -0.25) is 0 Å². The van der Waals surface area contributed by atoms with Crippen molar-refractivity contribution in [3.05, 3.63) is 64.2 Å². The van der Waals surface area contributed by atoms with Gasteiger partial charge in [0.15, 0.2) is 0 Å². The molecule has 0 aliphatic heterocycles. The molecule has 0 spiro atoms. The Morgan fingerprint density at radius 2 is 1.68 bits per heavy atom. The molecule has 2 aromatic rings. The molecule has 100 valence electrons. The lowest BCUT2D eigenvalue weighted by Gasteiger charge is -2.19. The number of hydrogen-bond acceptors (Lipinski definition) is 1. The molecule has 0 saturated heterocycles. The van der Waals surface area contributed by atoms with Gasteiger partial charge in [0.25, 0.3) is 0 Å². The van der Waals surface area contributed by atoms with E-state index in [0.717, 1.165) is 11.4 Å². The maximum Gasteiger partial charge on any atom is 0.0511 e. The quantitative estimate of drug-likeness (QED) is 0.773. The molecular formula is C17H20ClN. The summed E-state index contributed by atoms with van der Waals surface area (Å²) in [5.74, 6) is 0. The van der Waals surface area contributed by atoms with Gasteiger partial charge in [0, 0.05) is 10.7 Å². The number of nitrogens with one attached hydrogen (secondary N) is 1. The lowest BCUT2D eigenvalue weighted by atomic mass is 10.0. The van der Waals surface area contributed by atoms with Crippen LogP contribution in [0.3, 0.4) is 0 Å². The lowest BCUT2D eigenvalue weighted by molar-refractivity contribution is 0.749. The minimum absolute atomic E-state index is 0.319. The van der Waals surface area contributed by atoms with Crippen LogP contribution in [-0.2, 0) is 0 Å². The fourth-order valence-corrected chi connectivity index (χ4v) is 2.27. The lowest BCUT2D eigenvalue weighted by Crippen LogP contribution is -2.09. The van der Waals surface area contributed by atoms with Crippen molar-refractivity contribution in [1.29, 1.82) is 0 Å². The van der Waals surface area contributed by atoms with Crippen molar-refractivity contribution >= 4 is 17.3 Å². The standard InChI is InChI=1S/C17H20ClN/c1-4-17(14-6-8-15(18)9-7-14)19-16-10-5-12(2)13(3)11-16/h5-11,17,19H,4H2,1-3H3. The van der Waals surface area contributed by atoms with Crippen LogP contribution in [0.25, 0.3) is 0 Å². The van der Waals surface area contributed by atoms with Crippen LogP contribution in [-0.4, -0.2) is 0 Å². The molecule has 1 N–H and O–H groups in total. The Morgan fingerprint density at radius 3 is 2.26 bits per heavy atom. The van der Waals surface area contributed by atoms with Crippen molar-refractivity contribution in [3.8, 4) is 0 Å². The largest absolute Gasteiger partial charge is 0.378 e. The molecule has 2 aromatic carbocycles. The molecule has 19 heavy (non-hydrogen) atoms. The Morgan fingerprint density at radius 1 is 1.00 bits per heavy atom. The van der Waals surface area contributed by atoms with Crippen LogP contribution in [0, 0.1) is 13.8 Å². The zero-order valence-electron chi connectivity index (χ0n) is 11.7. The van der Waals surface area contributed by atoms with E-state index in [0.29, 0.717) is 6.04 Å². The van der Waals surface area contributed by atoms with E-state index in [1.165, 1.54) is 22.4 Å². The topological polar surface area (TPSA) is 12.0 Å². The highest BCUT2D eigenvalue weighted by atomic mass is 35.5. The van der Waals surface area contributed by atoms with E-state index in [1.54, 1.807) is 0 Å². The average molecular weight is 274 g/mol. The van der Waals surface area contributed by atoms with Crippen molar-refractivity contribution in [2.75, 3.05) is 5.32 Å². The maximum absolute atomic E-state index is 5.94. The Labute approximate surface area is 120 Å². The molecule has 2 rings (SSSR count). The number of benzene rings is 2. The van der Waals surface area contributed by atoms with Gasteiger partial charge < -0.3 is 5.32 Å². The summed E-state index contributed by atoms with van der Waals surface area (Å²) in [6.45, 7) is 6.46. The minimum Gasteiger partial charge on any atom is -0.378 e. The third-order valence-corrected chi connectivity index (χ3v) is 3.78. The van der Waals surface area contributed by atoms with E-state index >= 15 is 0 Å². The second kappa shape index (κ2) is 6.12. The van der Waals surface area contributed by atoms with Gasteiger partial charge in [-0.05, 0) is 61.2 Å². The summed E-state index contributed by atoms with van der Waals surface area (Å²) in [6, 6.07) is 14.9. The average Bonchev–Trinajstić information content (AvgIpc) is 2.41. The fraction of sp³-hybridized carbons (Fsp3) is 0.294. The highest BCUT2D eigenvalue weighted by molar-refractivity contribution is 6.30. The number of aryl methyl sites for hydroxylation is 2. The van der Waals surface area contributed by atoms with E-state index < -0.39 is 0 Å². The highest BCUT2D eigenvalue weighted by Gasteiger charge is 2.09. The first-order chi connectivity index (χ1) is 9.10. The van der Waals surface area contributed by atoms with Gasteiger partial charge in [0.2, 0.25) is 0 Å². The fourth-order valence-electron chi connectivity index (χ4n) is 2.15. The summed E-state index contributed by atoms with van der Waals surface area (Å²) in [6.07, 6.45) is 1.04. The van der Waals surface area contributed by atoms with Gasteiger partial charge in [-0.25, -0.2) is 0 Å². The van der Waals surface area contributed by atoms with E-state index in [4.69, 9.17) is 11.6 Å². The first kappa shape index (κ1) is 14.0. The number of halogens is 1. The smallest absolute Gasteiger partial charge is 0.0511 e. The zero-order valence-corrected chi connectivity index (χ0v) is 12.5. The van der Waals surface area contributed by atoms with Crippen LogP contribution in [0.15, 0.2) is 42.5 Å². The van der Waals surface area contributed by atoms with Crippen LogP contribution in [0.2, 0.25) is 5.02 Å². The Bertz CT molecular complexity index is 546. The van der Waals surface area contributed by atoms with Crippen molar-refractivity contribution in [2.45, 2.75) is 33.2 Å². The normalized spacial score (nSPS) is 12.2. The third kappa shape index (κ3) is 3.51. The molecule has 1 atom stereocenters. The van der Waals surface area contributed by atoms with Crippen LogP contribution >= 0.6 is 11.6 Å². The SMILES string of the molecule is CCC(Nc1ccc(C)c(C)c1)c1ccc(Cl)cc1. The van der Waals surface area contributed by atoms with Gasteiger partial charge in [0.1, 0.15) is 0 Å². The second-order valence-electron chi connectivity index (χ2n) is 4.96. The van der Waals surface area contributed by atoms with Crippen molar-refractivity contribution in [1.82, 2.24) is 0 Å². The zero-order chi connectivity index (χ0) is 13.8. The van der Waals surface area contributed by atoms with Gasteiger partial charge in [-0.15, -0.1) is 0 Å². The minimum atomic E-state index is 0.319. The molecule has 0 aliphatic rings. The number of anilines is 1. The molecule has 0 saturated carbocycles. The Balaban J connectivity index is 2.18. The Kier molecular flexibility index (Phi) is 4.49. The molecule has 0 fully saturated rings. The molecule has 1 nitrogen and oxygen atoms in total. The molecule has 0 heterocycles. The molecule has 0 bridgehead atoms. The van der Waals surface area contributed by atoms with Crippen molar-refractivity contribution in [2.24, 2.45) is 0 Å². The molecule has 0 radical (unpaired) electrons. The molecule has 1 unspecified atom stereocenters. The van der Waals surface area contributed by atoms with Crippen LogP contribution in [0.5, 0.6) is 0 Å². The summed E-state index contributed by atoms with van der Waals surface area (Å²) < 4.78 is 0. The second-order valence-corrected chi connectivity index (χ2v) is 5.39. The molecule has 0 aliphatic carbocycles. The Hall–Kier alpha value is -1.47. The summed E-state index contributed by atoms with van der Waals surface area (Å²) in [5.41, 5.74) is 5.08. The molecule has 2 heteroatoms. The van der Waals surface area contributed by atoms with Crippen molar-refractivity contribution < 1.29 is 0 Å². The van der Waals surface area contributed by atoms with Crippen LogP contribution < -0.4 is 5.32 Å². The van der Waals surface area contributed by atoms with Crippen LogP contribution in [0.4, 0.5) is 5.69 Å². The summed E-state index contributed by atoms with van der Waals surface area (Å²) in [4.78, 5) is 0. The summed E-state index contributed by atoms with van der Waals surface area (Å²) in [5, 5.41) is 4.37. The van der Waals surface area contributed by atoms with E-state index in [1.807, 2.05) is 12.1 Å². The summed E-state index contributed by atoms with van der Waals surface area (Å²) >= 11 is 5.94. The van der Waals surface area contributed by atoms with Gasteiger partial charge in [-0.2, -0.15) is 0 Å². The molecule has 0 aromatic heterocycles. The van der Waals surface area contributed by atoms with E-state index in [2.05, 4.69) is 56.4 Å². The first-order valence-electron chi connectivity index (χ1n) is 6.69. The molecular weight excluding hydrogens is 254 g/mol. The predicted molar refractivity (Wildman–Crippen MR) is 84.0 cm³/mol. The van der Waals surface area contributed by atoms with Gasteiger partial charge in [-0.1, -0.05) is 36.7 Å². The van der Waals surface area contributed by atoms with Crippen LogP contribution in [0.1, 0.15) is 36.1 Å².